The molecule has 1 aromatic heterocycles. The highest BCUT2D eigenvalue weighted by Gasteiger charge is 2.20. The minimum absolute atomic E-state index is 0.736. The van der Waals surface area contributed by atoms with Gasteiger partial charge < -0.3 is 5.32 Å². The summed E-state index contributed by atoms with van der Waals surface area (Å²) in [5, 5.41) is 9.07. The van der Waals surface area contributed by atoms with Crippen LogP contribution in [0.5, 0.6) is 0 Å². The van der Waals surface area contributed by atoms with Crippen LogP contribution in [-0.4, -0.2) is 22.6 Å². The third kappa shape index (κ3) is 2.54. The Morgan fingerprint density at radius 2 is 2.20 bits per heavy atom. The summed E-state index contributed by atoms with van der Waals surface area (Å²) in [7, 11) is 0. The molecule has 0 unspecified atom stereocenters. The number of halogens is 1. The van der Waals surface area contributed by atoms with Gasteiger partial charge >= 0.3 is 0 Å². The van der Waals surface area contributed by atoms with E-state index in [0.29, 0.717) is 0 Å². The predicted octanol–water partition coefficient (Wildman–Crippen LogP) is 4.14. The van der Waals surface area contributed by atoms with E-state index >= 15 is 0 Å². The fourth-order valence-corrected chi connectivity index (χ4v) is 3.35. The van der Waals surface area contributed by atoms with Crippen molar-refractivity contribution in [2.45, 2.75) is 25.0 Å². The number of aromatic nitrogens is 2. The topological polar surface area (TPSA) is 29.9 Å². The van der Waals surface area contributed by atoms with Crippen LogP contribution in [0.1, 0.15) is 24.1 Å². The Labute approximate surface area is 128 Å². The molecule has 0 atom stereocenters. The van der Waals surface area contributed by atoms with Gasteiger partial charge in [-0.15, -0.1) is 0 Å². The summed E-state index contributed by atoms with van der Waals surface area (Å²) in [4.78, 5) is 0. The second-order valence-electron chi connectivity index (χ2n) is 4.95. The Balaban J connectivity index is 2.13. The first-order chi connectivity index (χ1) is 9.81. The number of benzene rings is 1. The number of para-hydroxylation sites is 1. The summed E-state index contributed by atoms with van der Waals surface area (Å²) in [6.07, 6.45) is 5.64. The number of anilines is 1. The second-order valence-corrected chi connectivity index (χ2v) is 6.23. The summed E-state index contributed by atoms with van der Waals surface area (Å²) in [5.74, 6) is 2.07. The van der Waals surface area contributed by atoms with Crippen LogP contribution in [0, 0.1) is 0 Å². The number of nitrogens with one attached hydrogen (secondary N) is 1. The molecule has 0 aliphatic carbocycles. The molecule has 0 saturated carbocycles. The van der Waals surface area contributed by atoms with E-state index in [2.05, 4.69) is 11.6 Å². The van der Waals surface area contributed by atoms with Crippen molar-refractivity contribution < 1.29 is 0 Å². The van der Waals surface area contributed by atoms with Crippen molar-refractivity contribution in [1.29, 1.82) is 0 Å². The fraction of sp³-hybridized carbons (Fsp3) is 0.400. The standard InChI is InChI=1S/C15H18ClN3S/c1-20-10-13-11-6-4-5-9-17-15(11)19(18-13)14-8-3-2-7-12(14)16/h2-3,7-8,17H,4-6,9-10H2,1H3. The molecule has 3 nitrogen and oxygen atoms in total. The zero-order chi connectivity index (χ0) is 13.9. The Bertz CT molecular complexity index is 609. The minimum Gasteiger partial charge on any atom is -0.370 e. The number of hydrogen-bond donors (Lipinski definition) is 1. The van der Waals surface area contributed by atoms with Gasteiger partial charge in [-0.25, -0.2) is 4.68 Å². The zero-order valence-corrected chi connectivity index (χ0v) is 13.1. The number of fused-ring (bicyclic) bond motifs is 1. The molecule has 3 rings (SSSR count). The molecule has 2 aromatic rings. The van der Waals surface area contributed by atoms with Crippen LogP contribution in [0.15, 0.2) is 24.3 Å². The van der Waals surface area contributed by atoms with E-state index in [9.17, 15) is 0 Å². The van der Waals surface area contributed by atoms with Gasteiger partial charge in [-0.1, -0.05) is 23.7 Å². The third-order valence-corrected chi connectivity index (χ3v) is 4.46. The van der Waals surface area contributed by atoms with Gasteiger partial charge in [-0.3, -0.25) is 0 Å². The molecule has 0 bridgehead atoms. The van der Waals surface area contributed by atoms with E-state index in [-0.39, 0.29) is 0 Å². The molecule has 1 N–H and O–H groups in total. The van der Waals surface area contributed by atoms with Crippen LogP contribution < -0.4 is 5.32 Å². The lowest BCUT2D eigenvalue weighted by Gasteiger charge is -2.10. The molecule has 20 heavy (non-hydrogen) atoms. The first-order valence-electron chi connectivity index (χ1n) is 6.89. The number of nitrogens with zero attached hydrogens (tertiary/aromatic N) is 2. The molecular weight excluding hydrogens is 290 g/mol. The maximum atomic E-state index is 6.33. The van der Waals surface area contributed by atoms with E-state index in [4.69, 9.17) is 16.7 Å². The Kier molecular flexibility index (Phi) is 4.22. The predicted molar refractivity (Wildman–Crippen MR) is 87.2 cm³/mol. The summed E-state index contributed by atoms with van der Waals surface area (Å²) < 4.78 is 1.98. The lowest BCUT2D eigenvalue weighted by molar-refractivity contribution is 0.771. The molecule has 0 saturated heterocycles. The first kappa shape index (κ1) is 13.8. The van der Waals surface area contributed by atoms with Gasteiger partial charge in [0.1, 0.15) is 5.82 Å². The molecule has 0 radical (unpaired) electrons. The highest BCUT2D eigenvalue weighted by Crippen LogP contribution is 2.31. The largest absolute Gasteiger partial charge is 0.370 e. The van der Waals surface area contributed by atoms with E-state index in [1.807, 2.05) is 40.7 Å². The van der Waals surface area contributed by atoms with Crippen LogP contribution in [0.25, 0.3) is 5.69 Å². The molecular formula is C15H18ClN3S. The highest BCUT2D eigenvalue weighted by molar-refractivity contribution is 7.97. The van der Waals surface area contributed by atoms with Crippen LogP contribution in [-0.2, 0) is 12.2 Å². The Morgan fingerprint density at radius 1 is 1.35 bits per heavy atom. The molecule has 0 spiro atoms. The van der Waals surface area contributed by atoms with Crippen molar-refractivity contribution in [2.75, 3.05) is 18.1 Å². The van der Waals surface area contributed by atoms with Crippen molar-refractivity contribution in [2.24, 2.45) is 0 Å². The lowest BCUT2D eigenvalue weighted by Crippen LogP contribution is -2.07. The number of thioether (sulfide) groups is 1. The summed E-state index contributed by atoms with van der Waals surface area (Å²) in [5.41, 5.74) is 3.49. The molecule has 1 aliphatic heterocycles. The van der Waals surface area contributed by atoms with Crippen molar-refractivity contribution in [3.63, 3.8) is 0 Å². The average Bonchev–Trinajstić information content (AvgIpc) is 2.64. The van der Waals surface area contributed by atoms with Gasteiger partial charge in [0.05, 0.1) is 16.4 Å². The fourth-order valence-electron chi connectivity index (χ4n) is 2.62. The summed E-state index contributed by atoms with van der Waals surface area (Å²) in [6.45, 7) is 1.00. The third-order valence-electron chi connectivity index (χ3n) is 3.57. The van der Waals surface area contributed by atoms with Crippen molar-refractivity contribution >= 4 is 29.2 Å². The molecule has 0 fully saturated rings. The molecule has 1 aromatic carbocycles. The smallest absolute Gasteiger partial charge is 0.133 e. The van der Waals surface area contributed by atoms with Crippen LogP contribution >= 0.6 is 23.4 Å². The van der Waals surface area contributed by atoms with Crippen molar-refractivity contribution in [3.8, 4) is 5.69 Å². The van der Waals surface area contributed by atoms with Gasteiger partial charge in [-0.2, -0.15) is 16.9 Å². The molecule has 106 valence electrons. The maximum Gasteiger partial charge on any atom is 0.133 e. The van der Waals surface area contributed by atoms with Crippen LogP contribution in [0.2, 0.25) is 5.02 Å². The summed E-state index contributed by atoms with van der Waals surface area (Å²) >= 11 is 8.15. The average molecular weight is 308 g/mol. The lowest BCUT2D eigenvalue weighted by atomic mass is 10.1. The van der Waals surface area contributed by atoms with Crippen molar-refractivity contribution in [3.05, 3.63) is 40.5 Å². The SMILES string of the molecule is CSCc1nn(-c2ccccc2Cl)c2c1CCCCN2. The number of rotatable bonds is 3. The summed E-state index contributed by atoms with van der Waals surface area (Å²) in [6, 6.07) is 7.88. The van der Waals surface area contributed by atoms with E-state index in [1.165, 1.54) is 24.1 Å². The monoisotopic (exact) mass is 307 g/mol. The maximum absolute atomic E-state index is 6.33. The van der Waals surface area contributed by atoms with E-state index in [0.717, 1.165) is 35.2 Å². The molecule has 0 amide bonds. The second kappa shape index (κ2) is 6.10. The van der Waals surface area contributed by atoms with Crippen LogP contribution in [0.4, 0.5) is 5.82 Å². The molecule has 1 aliphatic rings. The van der Waals surface area contributed by atoms with E-state index in [1.54, 1.807) is 0 Å². The van der Waals surface area contributed by atoms with E-state index < -0.39 is 0 Å². The van der Waals surface area contributed by atoms with Crippen LogP contribution in [0.3, 0.4) is 0 Å². The number of hydrogen-bond acceptors (Lipinski definition) is 3. The molecule has 2 heterocycles. The first-order valence-corrected chi connectivity index (χ1v) is 8.67. The van der Waals surface area contributed by atoms with Gasteiger partial charge in [0.2, 0.25) is 0 Å². The molecule has 5 heteroatoms. The van der Waals surface area contributed by atoms with Gasteiger partial charge in [0, 0.05) is 17.9 Å². The van der Waals surface area contributed by atoms with Gasteiger partial charge in [0.15, 0.2) is 0 Å². The Hall–Kier alpha value is -1.13. The van der Waals surface area contributed by atoms with Gasteiger partial charge in [0.25, 0.3) is 0 Å². The van der Waals surface area contributed by atoms with Crippen molar-refractivity contribution in [1.82, 2.24) is 9.78 Å². The Morgan fingerprint density at radius 3 is 3.00 bits per heavy atom. The normalized spacial score (nSPS) is 14.5. The minimum atomic E-state index is 0.736. The van der Waals surface area contributed by atoms with Gasteiger partial charge in [-0.05, 0) is 37.7 Å². The zero-order valence-electron chi connectivity index (χ0n) is 11.5. The quantitative estimate of drug-likeness (QED) is 0.924. The highest BCUT2D eigenvalue weighted by atomic mass is 35.5.